The van der Waals surface area contributed by atoms with Gasteiger partial charge in [-0.05, 0) is 49.1 Å². The third-order valence-electron chi connectivity index (χ3n) is 5.55. The maximum atomic E-state index is 12.0. The van der Waals surface area contributed by atoms with Crippen LogP contribution in [0.1, 0.15) is 25.7 Å². The molecule has 0 saturated heterocycles. The molecule has 31 heavy (non-hydrogen) atoms. The number of carbonyl (C=O) groups is 1. The van der Waals surface area contributed by atoms with E-state index in [0.29, 0.717) is 18.1 Å². The minimum atomic E-state index is -0.150. The summed E-state index contributed by atoms with van der Waals surface area (Å²) in [4.78, 5) is 20.6. The third kappa shape index (κ3) is 4.94. The number of para-hydroxylation sites is 1. The van der Waals surface area contributed by atoms with Crippen LogP contribution in [-0.4, -0.2) is 29.1 Å². The number of hydrogen-bond donors (Lipinski definition) is 2. The molecule has 3 N–H and O–H groups in total. The molecule has 1 fully saturated rings. The molecule has 2 atom stereocenters. The fourth-order valence-electron chi connectivity index (χ4n) is 4.00. The van der Waals surface area contributed by atoms with Crippen LogP contribution >= 0.6 is 0 Å². The molecular weight excluding hydrogens is 392 g/mol. The minimum Gasteiger partial charge on any atom is -0.469 e. The van der Waals surface area contributed by atoms with E-state index >= 15 is 0 Å². The molecule has 1 aromatic heterocycles. The van der Waals surface area contributed by atoms with Gasteiger partial charge in [0.1, 0.15) is 29.5 Å². The monoisotopic (exact) mass is 418 g/mol. The van der Waals surface area contributed by atoms with Gasteiger partial charge in [-0.25, -0.2) is 9.97 Å². The quantitative estimate of drug-likeness (QED) is 0.562. The second-order valence-electron chi connectivity index (χ2n) is 7.65. The van der Waals surface area contributed by atoms with E-state index in [1.165, 1.54) is 13.4 Å². The number of nitrogens with zero attached hydrogens (tertiary/aromatic N) is 2. The lowest BCUT2D eigenvalue weighted by Gasteiger charge is -2.29. The molecule has 0 radical (unpaired) electrons. The van der Waals surface area contributed by atoms with Gasteiger partial charge in [-0.15, -0.1) is 0 Å². The van der Waals surface area contributed by atoms with E-state index in [1.54, 1.807) is 0 Å². The van der Waals surface area contributed by atoms with Crippen molar-refractivity contribution in [2.75, 3.05) is 18.2 Å². The summed E-state index contributed by atoms with van der Waals surface area (Å²) in [6, 6.07) is 17.4. The molecule has 1 heterocycles. The van der Waals surface area contributed by atoms with E-state index in [-0.39, 0.29) is 17.9 Å². The van der Waals surface area contributed by atoms with Gasteiger partial charge in [0.15, 0.2) is 0 Å². The molecule has 7 nitrogen and oxygen atoms in total. The molecule has 0 amide bonds. The summed E-state index contributed by atoms with van der Waals surface area (Å²) in [5, 5.41) is 3.48. The van der Waals surface area contributed by atoms with Crippen LogP contribution in [0.3, 0.4) is 0 Å². The molecular formula is C24H26N4O3. The first-order valence-electron chi connectivity index (χ1n) is 10.4. The molecule has 0 bridgehead atoms. The van der Waals surface area contributed by atoms with Crippen molar-refractivity contribution in [1.82, 2.24) is 9.97 Å². The Morgan fingerprint density at radius 2 is 1.77 bits per heavy atom. The van der Waals surface area contributed by atoms with Crippen molar-refractivity contribution < 1.29 is 14.3 Å². The van der Waals surface area contributed by atoms with Crippen LogP contribution in [0, 0.1) is 5.92 Å². The zero-order valence-corrected chi connectivity index (χ0v) is 17.5. The minimum absolute atomic E-state index is 0.0895. The Morgan fingerprint density at radius 1 is 1.03 bits per heavy atom. The fraction of sp³-hybridized carbons (Fsp3) is 0.292. The smallest absolute Gasteiger partial charge is 0.308 e. The van der Waals surface area contributed by atoms with E-state index in [2.05, 4.69) is 15.3 Å². The molecule has 7 heteroatoms. The molecule has 160 valence electrons. The number of nitrogen functional groups attached to an aromatic ring is 1. The molecule has 2 aromatic carbocycles. The van der Waals surface area contributed by atoms with Crippen molar-refractivity contribution in [1.29, 1.82) is 0 Å². The van der Waals surface area contributed by atoms with Crippen LogP contribution in [0.15, 0.2) is 60.9 Å². The normalized spacial score (nSPS) is 18.2. The summed E-state index contributed by atoms with van der Waals surface area (Å²) in [6.07, 6.45) is 4.93. The Bertz CT molecular complexity index is 1020. The average Bonchev–Trinajstić information content (AvgIpc) is 2.80. The predicted molar refractivity (Wildman–Crippen MR) is 120 cm³/mol. The molecule has 1 aliphatic carbocycles. The van der Waals surface area contributed by atoms with Crippen molar-refractivity contribution in [3.8, 4) is 22.6 Å². The Hall–Kier alpha value is -3.61. The van der Waals surface area contributed by atoms with Gasteiger partial charge in [0.25, 0.3) is 0 Å². The number of ether oxygens (including phenoxy) is 2. The first kappa shape index (κ1) is 20.7. The summed E-state index contributed by atoms with van der Waals surface area (Å²) < 4.78 is 10.8. The Balaban J connectivity index is 1.53. The highest BCUT2D eigenvalue weighted by atomic mass is 16.5. The average molecular weight is 418 g/mol. The van der Waals surface area contributed by atoms with Gasteiger partial charge < -0.3 is 20.5 Å². The predicted octanol–water partition coefficient (Wildman–Crippen LogP) is 4.66. The van der Waals surface area contributed by atoms with Crippen molar-refractivity contribution in [3.63, 3.8) is 0 Å². The summed E-state index contributed by atoms with van der Waals surface area (Å²) in [5.41, 5.74) is 7.86. The van der Waals surface area contributed by atoms with E-state index in [1.807, 2.05) is 54.6 Å². The highest BCUT2D eigenvalue weighted by Crippen LogP contribution is 2.35. The van der Waals surface area contributed by atoms with E-state index in [4.69, 9.17) is 15.2 Å². The summed E-state index contributed by atoms with van der Waals surface area (Å²) in [6.45, 7) is 0. The maximum absolute atomic E-state index is 12.0. The van der Waals surface area contributed by atoms with Gasteiger partial charge in [0, 0.05) is 6.04 Å². The molecule has 0 unspecified atom stereocenters. The molecule has 1 aliphatic rings. The summed E-state index contributed by atoms with van der Waals surface area (Å²) in [7, 11) is 1.44. The standard InChI is InChI=1S/C24H26N4O3/c1-30-24(29)17-6-5-7-18(14-17)28-23-21(22(25)26-15-27-23)16-10-12-20(13-11-16)31-19-8-3-2-4-9-19/h2-4,8-13,15,17-18H,5-7,14H2,1H3,(H3,25,26,27,28)/t17-,18-/m1/s1. The lowest BCUT2D eigenvalue weighted by atomic mass is 9.85. The Kier molecular flexibility index (Phi) is 6.31. The second-order valence-corrected chi connectivity index (χ2v) is 7.65. The molecule has 4 rings (SSSR count). The number of benzene rings is 2. The van der Waals surface area contributed by atoms with Crippen molar-refractivity contribution >= 4 is 17.6 Å². The van der Waals surface area contributed by atoms with Gasteiger partial charge in [-0.2, -0.15) is 0 Å². The van der Waals surface area contributed by atoms with Crippen molar-refractivity contribution in [2.45, 2.75) is 31.7 Å². The molecule has 3 aromatic rings. The Morgan fingerprint density at radius 3 is 2.52 bits per heavy atom. The SMILES string of the molecule is COC(=O)[C@@H]1CCC[C@@H](Nc2ncnc(N)c2-c2ccc(Oc3ccccc3)cc2)C1. The first-order chi connectivity index (χ1) is 15.1. The van der Waals surface area contributed by atoms with Crippen LogP contribution in [0.4, 0.5) is 11.6 Å². The van der Waals surface area contributed by atoms with E-state index < -0.39 is 0 Å². The van der Waals surface area contributed by atoms with Crippen LogP contribution in [0.5, 0.6) is 11.5 Å². The number of hydrogen-bond acceptors (Lipinski definition) is 7. The summed E-state index contributed by atoms with van der Waals surface area (Å²) in [5.74, 6) is 2.33. The number of rotatable bonds is 6. The van der Waals surface area contributed by atoms with Gasteiger partial charge in [0.2, 0.25) is 0 Å². The third-order valence-corrected chi connectivity index (χ3v) is 5.55. The number of carbonyl (C=O) groups excluding carboxylic acids is 1. The van der Waals surface area contributed by atoms with Crippen LogP contribution in [-0.2, 0) is 9.53 Å². The number of anilines is 2. The zero-order chi connectivity index (χ0) is 21.6. The highest BCUT2D eigenvalue weighted by molar-refractivity contribution is 5.83. The molecule has 0 aliphatic heterocycles. The maximum Gasteiger partial charge on any atom is 0.308 e. The van der Waals surface area contributed by atoms with Crippen LogP contribution in [0.25, 0.3) is 11.1 Å². The van der Waals surface area contributed by atoms with E-state index in [9.17, 15) is 4.79 Å². The van der Waals surface area contributed by atoms with Crippen molar-refractivity contribution in [2.24, 2.45) is 5.92 Å². The largest absolute Gasteiger partial charge is 0.469 e. The lowest BCUT2D eigenvalue weighted by Crippen LogP contribution is -2.32. The van der Waals surface area contributed by atoms with E-state index in [0.717, 1.165) is 41.9 Å². The topological polar surface area (TPSA) is 99.4 Å². The van der Waals surface area contributed by atoms with Gasteiger partial charge >= 0.3 is 5.97 Å². The zero-order valence-electron chi connectivity index (χ0n) is 17.5. The van der Waals surface area contributed by atoms with Gasteiger partial charge in [-0.1, -0.05) is 36.8 Å². The number of aromatic nitrogens is 2. The summed E-state index contributed by atoms with van der Waals surface area (Å²) >= 11 is 0. The number of nitrogens with one attached hydrogen (secondary N) is 1. The highest BCUT2D eigenvalue weighted by Gasteiger charge is 2.28. The van der Waals surface area contributed by atoms with Crippen molar-refractivity contribution in [3.05, 3.63) is 60.9 Å². The first-order valence-corrected chi connectivity index (χ1v) is 10.4. The van der Waals surface area contributed by atoms with Gasteiger partial charge in [0.05, 0.1) is 18.6 Å². The second kappa shape index (κ2) is 9.47. The van der Waals surface area contributed by atoms with Crippen LogP contribution < -0.4 is 15.8 Å². The molecule has 0 spiro atoms. The number of methoxy groups -OCH3 is 1. The number of nitrogens with two attached hydrogens (primary N) is 1. The van der Waals surface area contributed by atoms with Crippen LogP contribution in [0.2, 0.25) is 0 Å². The molecule has 1 saturated carbocycles. The Labute approximate surface area is 181 Å². The number of esters is 1. The van der Waals surface area contributed by atoms with Gasteiger partial charge in [-0.3, -0.25) is 4.79 Å². The lowest BCUT2D eigenvalue weighted by molar-refractivity contribution is -0.146. The fourth-order valence-corrected chi connectivity index (χ4v) is 4.00.